The van der Waals surface area contributed by atoms with Crippen molar-refractivity contribution in [3.05, 3.63) is 57.6 Å². The zero-order chi connectivity index (χ0) is 22.8. The second-order valence-electron chi connectivity index (χ2n) is 7.39. The smallest absolute Gasteiger partial charge is 0.266 e. The quantitative estimate of drug-likeness (QED) is 0.261. The molecule has 0 saturated heterocycles. The SMILES string of the molecule is CCCCCCOc1c(Cl)cc(C=C(C#N)C(=O)Nc2ccc(C)cc2C)cc1OC. The maximum Gasteiger partial charge on any atom is 0.266 e. The molecule has 0 atom stereocenters. The highest BCUT2D eigenvalue weighted by atomic mass is 35.5. The van der Waals surface area contributed by atoms with Crippen molar-refractivity contribution in [3.63, 3.8) is 0 Å². The third kappa shape index (κ3) is 7.04. The largest absolute Gasteiger partial charge is 0.493 e. The molecule has 0 aliphatic rings. The van der Waals surface area contributed by atoms with Crippen LogP contribution in [-0.4, -0.2) is 19.6 Å². The fourth-order valence-electron chi connectivity index (χ4n) is 3.13. The molecule has 2 aromatic rings. The number of rotatable bonds is 10. The van der Waals surface area contributed by atoms with Gasteiger partial charge in [0.15, 0.2) is 11.5 Å². The molecule has 0 radical (unpaired) electrons. The number of ether oxygens (including phenoxy) is 2. The summed E-state index contributed by atoms with van der Waals surface area (Å²) in [5.74, 6) is 0.443. The predicted octanol–water partition coefficient (Wildman–Crippen LogP) is 6.47. The van der Waals surface area contributed by atoms with Crippen LogP contribution in [0.5, 0.6) is 11.5 Å². The van der Waals surface area contributed by atoms with Gasteiger partial charge in [-0.3, -0.25) is 4.79 Å². The Labute approximate surface area is 189 Å². The van der Waals surface area contributed by atoms with Gasteiger partial charge in [-0.1, -0.05) is 55.5 Å². The van der Waals surface area contributed by atoms with E-state index < -0.39 is 5.91 Å². The molecular weight excluding hydrogens is 412 g/mol. The standard InChI is InChI=1S/C25H29ClN2O3/c1-5-6-7-8-11-31-24-21(26)14-19(15-23(24)30-4)13-20(16-27)25(29)28-22-10-9-17(2)12-18(22)3/h9-10,12-15H,5-8,11H2,1-4H3,(H,28,29). The van der Waals surface area contributed by atoms with Gasteiger partial charge in [0.25, 0.3) is 5.91 Å². The molecule has 0 aromatic heterocycles. The maximum atomic E-state index is 12.6. The number of carbonyl (C=O) groups excluding carboxylic acids is 1. The van der Waals surface area contributed by atoms with Gasteiger partial charge in [-0.05, 0) is 55.7 Å². The van der Waals surface area contributed by atoms with E-state index in [0.29, 0.717) is 34.4 Å². The zero-order valence-corrected chi connectivity index (χ0v) is 19.3. The Bertz CT molecular complexity index is 993. The van der Waals surface area contributed by atoms with Crippen molar-refractivity contribution in [3.8, 4) is 17.6 Å². The van der Waals surface area contributed by atoms with Crippen LogP contribution in [0.25, 0.3) is 6.08 Å². The Morgan fingerprint density at radius 1 is 1.19 bits per heavy atom. The number of hydrogen-bond donors (Lipinski definition) is 1. The molecule has 5 nitrogen and oxygen atoms in total. The molecule has 1 amide bonds. The molecule has 0 unspecified atom stereocenters. The van der Waals surface area contributed by atoms with Gasteiger partial charge < -0.3 is 14.8 Å². The van der Waals surface area contributed by atoms with Crippen molar-refractivity contribution in [2.24, 2.45) is 0 Å². The second kappa shape index (κ2) is 12.0. The van der Waals surface area contributed by atoms with E-state index in [2.05, 4.69) is 12.2 Å². The van der Waals surface area contributed by atoms with E-state index >= 15 is 0 Å². The number of anilines is 1. The number of unbranched alkanes of at least 4 members (excludes halogenated alkanes) is 3. The van der Waals surface area contributed by atoms with Gasteiger partial charge in [-0.2, -0.15) is 5.26 Å². The van der Waals surface area contributed by atoms with Gasteiger partial charge in [0.2, 0.25) is 0 Å². The normalized spacial score (nSPS) is 11.0. The Morgan fingerprint density at radius 2 is 1.97 bits per heavy atom. The molecule has 0 aliphatic carbocycles. The first-order valence-electron chi connectivity index (χ1n) is 10.4. The van der Waals surface area contributed by atoms with Crippen LogP contribution in [0.3, 0.4) is 0 Å². The molecule has 0 heterocycles. The van der Waals surface area contributed by atoms with Crippen molar-refractivity contribution >= 4 is 29.3 Å². The van der Waals surface area contributed by atoms with Crippen molar-refractivity contribution < 1.29 is 14.3 Å². The lowest BCUT2D eigenvalue weighted by Crippen LogP contribution is -2.14. The first-order valence-corrected chi connectivity index (χ1v) is 10.8. The van der Waals surface area contributed by atoms with Gasteiger partial charge in [0.05, 0.1) is 18.7 Å². The Kier molecular flexibility index (Phi) is 9.42. The number of hydrogen-bond acceptors (Lipinski definition) is 4. The van der Waals surface area contributed by atoms with E-state index in [9.17, 15) is 10.1 Å². The van der Waals surface area contributed by atoms with Crippen LogP contribution >= 0.6 is 11.6 Å². The third-order valence-electron chi connectivity index (χ3n) is 4.80. The summed E-state index contributed by atoms with van der Waals surface area (Å²) in [5.41, 5.74) is 3.23. The lowest BCUT2D eigenvalue weighted by molar-refractivity contribution is -0.112. The molecule has 164 valence electrons. The minimum Gasteiger partial charge on any atom is -0.493 e. The number of methoxy groups -OCH3 is 1. The maximum absolute atomic E-state index is 12.6. The lowest BCUT2D eigenvalue weighted by Gasteiger charge is -2.13. The molecule has 2 rings (SSSR count). The molecule has 31 heavy (non-hydrogen) atoms. The number of halogens is 1. The Morgan fingerprint density at radius 3 is 2.61 bits per heavy atom. The summed E-state index contributed by atoms with van der Waals surface area (Å²) in [6, 6.07) is 11.0. The van der Waals surface area contributed by atoms with Gasteiger partial charge >= 0.3 is 0 Å². The molecule has 6 heteroatoms. The third-order valence-corrected chi connectivity index (χ3v) is 5.08. The highest BCUT2D eigenvalue weighted by Gasteiger charge is 2.15. The first kappa shape index (κ1) is 24.3. The van der Waals surface area contributed by atoms with E-state index in [1.807, 2.05) is 38.1 Å². The summed E-state index contributed by atoms with van der Waals surface area (Å²) in [4.78, 5) is 12.6. The molecule has 1 N–H and O–H groups in total. The van der Waals surface area contributed by atoms with Crippen LogP contribution in [0.2, 0.25) is 5.02 Å². The number of amides is 1. The van der Waals surface area contributed by atoms with E-state index in [0.717, 1.165) is 30.4 Å². The predicted molar refractivity (Wildman–Crippen MR) is 126 cm³/mol. The Hall–Kier alpha value is -2.97. The summed E-state index contributed by atoms with van der Waals surface area (Å²) in [7, 11) is 1.53. The number of nitrogens with zero attached hydrogens (tertiary/aromatic N) is 1. The molecule has 0 aliphatic heterocycles. The first-order chi connectivity index (χ1) is 14.9. The average molecular weight is 441 g/mol. The minimum atomic E-state index is -0.485. The van der Waals surface area contributed by atoms with Crippen molar-refractivity contribution in [2.45, 2.75) is 46.5 Å². The van der Waals surface area contributed by atoms with Crippen molar-refractivity contribution in [1.82, 2.24) is 0 Å². The van der Waals surface area contributed by atoms with Gasteiger partial charge in [-0.25, -0.2) is 0 Å². The molecule has 0 fully saturated rings. The van der Waals surface area contributed by atoms with Crippen LogP contribution in [0.15, 0.2) is 35.9 Å². The van der Waals surface area contributed by atoms with Crippen LogP contribution in [0, 0.1) is 25.2 Å². The summed E-state index contributed by atoms with van der Waals surface area (Å²) in [6.07, 6.45) is 5.84. The van der Waals surface area contributed by atoms with E-state index in [4.69, 9.17) is 21.1 Å². The summed E-state index contributed by atoms with van der Waals surface area (Å²) < 4.78 is 11.2. The fraction of sp³-hybridized carbons (Fsp3) is 0.360. The second-order valence-corrected chi connectivity index (χ2v) is 7.79. The number of nitriles is 1. The van der Waals surface area contributed by atoms with Gasteiger partial charge in [0.1, 0.15) is 11.6 Å². The highest BCUT2D eigenvalue weighted by molar-refractivity contribution is 6.32. The molecule has 0 saturated carbocycles. The Balaban J connectivity index is 2.20. The topological polar surface area (TPSA) is 71.3 Å². The van der Waals surface area contributed by atoms with Crippen LogP contribution in [0.4, 0.5) is 5.69 Å². The summed E-state index contributed by atoms with van der Waals surface area (Å²) >= 11 is 6.41. The zero-order valence-electron chi connectivity index (χ0n) is 18.5. The molecule has 0 bridgehead atoms. The number of nitrogens with one attached hydrogen (secondary N) is 1. The van der Waals surface area contributed by atoms with Crippen LogP contribution in [-0.2, 0) is 4.79 Å². The number of carbonyl (C=O) groups is 1. The molecule has 0 spiro atoms. The number of aryl methyl sites for hydroxylation is 2. The molecular formula is C25H29ClN2O3. The highest BCUT2D eigenvalue weighted by Crippen LogP contribution is 2.37. The van der Waals surface area contributed by atoms with Crippen molar-refractivity contribution in [2.75, 3.05) is 19.0 Å². The average Bonchev–Trinajstić information content (AvgIpc) is 2.74. The van der Waals surface area contributed by atoms with Gasteiger partial charge in [0, 0.05) is 5.69 Å². The monoisotopic (exact) mass is 440 g/mol. The minimum absolute atomic E-state index is 0.0358. The van der Waals surface area contributed by atoms with E-state index in [1.165, 1.54) is 19.6 Å². The fourth-order valence-corrected chi connectivity index (χ4v) is 3.40. The number of benzene rings is 2. The van der Waals surface area contributed by atoms with Gasteiger partial charge in [-0.15, -0.1) is 0 Å². The van der Waals surface area contributed by atoms with Crippen molar-refractivity contribution in [1.29, 1.82) is 5.26 Å². The summed E-state index contributed by atoms with van der Waals surface area (Å²) in [5, 5.41) is 12.7. The van der Waals surface area contributed by atoms with E-state index in [-0.39, 0.29) is 5.57 Å². The van der Waals surface area contributed by atoms with E-state index in [1.54, 1.807) is 12.1 Å². The van der Waals surface area contributed by atoms with Crippen LogP contribution in [0.1, 0.15) is 49.3 Å². The summed E-state index contributed by atoms with van der Waals surface area (Å²) in [6.45, 7) is 6.59. The van der Waals surface area contributed by atoms with Crippen LogP contribution < -0.4 is 14.8 Å². The molecule has 2 aromatic carbocycles. The lowest BCUT2D eigenvalue weighted by atomic mass is 10.1.